The van der Waals surface area contributed by atoms with E-state index in [9.17, 15) is 4.79 Å². The van der Waals surface area contributed by atoms with Gasteiger partial charge >= 0.3 is 0 Å². The number of fused-ring (bicyclic) bond motifs is 1. The molecule has 72 valence electrons. The zero-order valence-corrected chi connectivity index (χ0v) is 7.79. The van der Waals surface area contributed by atoms with Gasteiger partial charge in [-0.1, -0.05) is 6.07 Å². The number of amides is 1. The molecule has 0 unspecified atom stereocenters. The number of nitrogen functional groups attached to an aromatic ring is 1. The summed E-state index contributed by atoms with van der Waals surface area (Å²) in [6.07, 6.45) is 2.17. The van der Waals surface area contributed by atoms with E-state index in [2.05, 4.69) is 5.32 Å². The molecule has 0 atom stereocenters. The lowest BCUT2D eigenvalue weighted by atomic mass is 9.76. The van der Waals surface area contributed by atoms with Gasteiger partial charge in [0, 0.05) is 17.3 Å². The molecule has 3 aliphatic rings. The van der Waals surface area contributed by atoms with Gasteiger partial charge in [-0.25, -0.2) is 0 Å². The van der Waals surface area contributed by atoms with E-state index in [1.54, 1.807) is 6.07 Å². The van der Waals surface area contributed by atoms with Gasteiger partial charge in [0.15, 0.2) is 0 Å². The van der Waals surface area contributed by atoms with E-state index in [1.165, 1.54) is 5.56 Å². The fraction of sp³-hybridized carbons (Fsp3) is 0.364. The Morgan fingerprint density at radius 1 is 1.36 bits per heavy atom. The highest BCUT2D eigenvalue weighted by atomic mass is 16.1. The van der Waals surface area contributed by atoms with E-state index in [0.717, 1.165) is 18.4 Å². The van der Waals surface area contributed by atoms with Crippen LogP contribution in [0.4, 0.5) is 5.69 Å². The highest BCUT2D eigenvalue weighted by Crippen LogP contribution is 2.41. The Labute approximate surface area is 82.3 Å². The normalized spacial score (nSPS) is 28.4. The molecule has 2 aliphatic heterocycles. The molecule has 3 N–H and O–H groups in total. The highest BCUT2D eigenvalue weighted by Gasteiger charge is 2.37. The molecule has 2 heterocycles. The van der Waals surface area contributed by atoms with Crippen LogP contribution in [0.25, 0.3) is 0 Å². The first-order chi connectivity index (χ1) is 6.74. The van der Waals surface area contributed by atoms with Crippen molar-refractivity contribution in [2.75, 3.05) is 5.73 Å². The van der Waals surface area contributed by atoms with Gasteiger partial charge in [-0.15, -0.1) is 0 Å². The van der Waals surface area contributed by atoms with Crippen LogP contribution in [0.15, 0.2) is 18.2 Å². The minimum absolute atomic E-state index is 0.0392. The van der Waals surface area contributed by atoms with E-state index in [-0.39, 0.29) is 5.91 Å². The average Bonchev–Trinajstić information content (AvgIpc) is 2.30. The van der Waals surface area contributed by atoms with Gasteiger partial charge in [-0.3, -0.25) is 4.79 Å². The summed E-state index contributed by atoms with van der Waals surface area (Å²) in [6.45, 7) is 0. The lowest BCUT2D eigenvalue weighted by molar-refractivity contribution is 0.0926. The molecule has 1 fully saturated rings. The molecule has 0 spiro atoms. The van der Waals surface area contributed by atoms with Gasteiger partial charge in [-0.2, -0.15) is 0 Å². The third-order valence-corrected chi connectivity index (χ3v) is 3.24. The van der Waals surface area contributed by atoms with Crippen molar-refractivity contribution in [3.05, 3.63) is 29.3 Å². The maximum Gasteiger partial charge on any atom is 0.251 e. The Hall–Kier alpha value is -1.51. The molecule has 1 aliphatic carbocycles. The number of hydrogen-bond acceptors (Lipinski definition) is 2. The average molecular weight is 188 g/mol. The van der Waals surface area contributed by atoms with Crippen molar-refractivity contribution in [2.45, 2.75) is 24.8 Å². The molecule has 3 heteroatoms. The maximum atomic E-state index is 11.7. The van der Waals surface area contributed by atoms with Crippen molar-refractivity contribution in [1.82, 2.24) is 5.32 Å². The standard InChI is InChI=1S/C11H12N2O/c12-7-1-2-9-6-3-8(4-6)13-11(14)10(9)5-7/h1-2,5-6,8H,3-4,12H2,(H,13,14). The summed E-state index contributed by atoms with van der Waals surface area (Å²) in [5.41, 5.74) is 8.28. The zero-order chi connectivity index (χ0) is 9.71. The molecular weight excluding hydrogens is 176 g/mol. The Kier molecular flexibility index (Phi) is 1.40. The maximum absolute atomic E-state index is 11.7. The third-order valence-electron chi connectivity index (χ3n) is 3.24. The van der Waals surface area contributed by atoms with Crippen molar-refractivity contribution in [3.8, 4) is 0 Å². The summed E-state index contributed by atoms with van der Waals surface area (Å²) in [5, 5.41) is 3.00. The highest BCUT2D eigenvalue weighted by molar-refractivity contribution is 5.97. The molecular formula is C11H12N2O. The van der Waals surface area contributed by atoms with Crippen LogP contribution in [0, 0.1) is 0 Å². The summed E-state index contributed by atoms with van der Waals surface area (Å²) in [6, 6.07) is 6.05. The number of nitrogens with one attached hydrogen (secondary N) is 1. The smallest absolute Gasteiger partial charge is 0.251 e. The molecule has 3 nitrogen and oxygen atoms in total. The molecule has 1 amide bonds. The Bertz CT molecular complexity index is 408. The fourth-order valence-corrected chi connectivity index (χ4v) is 2.38. The van der Waals surface area contributed by atoms with Crippen LogP contribution >= 0.6 is 0 Å². The topological polar surface area (TPSA) is 55.1 Å². The van der Waals surface area contributed by atoms with Crippen molar-refractivity contribution < 1.29 is 4.79 Å². The minimum Gasteiger partial charge on any atom is -0.399 e. The second kappa shape index (κ2) is 2.50. The summed E-state index contributed by atoms with van der Waals surface area (Å²) in [5.74, 6) is 0.604. The fourth-order valence-electron chi connectivity index (χ4n) is 2.38. The summed E-state index contributed by atoms with van der Waals surface area (Å²) >= 11 is 0. The minimum atomic E-state index is 0.0392. The molecule has 0 saturated heterocycles. The molecule has 2 bridgehead atoms. The predicted octanol–water partition coefficient (Wildman–Crippen LogP) is 1.26. The molecule has 14 heavy (non-hydrogen) atoms. The van der Waals surface area contributed by atoms with Gasteiger partial charge in [-0.05, 0) is 36.5 Å². The van der Waals surface area contributed by atoms with Crippen molar-refractivity contribution in [3.63, 3.8) is 0 Å². The monoisotopic (exact) mass is 188 g/mol. The summed E-state index contributed by atoms with van der Waals surface area (Å²) in [7, 11) is 0. The van der Waals surface area contributed by atoms with Crippen LogP contribution in [0.3, 0.4) is 0 Å². The molecule has 1 saturated carbocycles. The van der Waals surface area contributed by atoms with Crippen LogP contribution in [0.1, 0.15) is 34.7 Å². The van der Waals surface area contributed by atoms with Gasteiger partial charge in [0.1, 0.15) is 0 Å². The Morgan fingerprint density at radius 2 is 2.14 bits per heavy atom. The molecule has 0 radical (unpaired) electrons. The van der Waals surface area contributed by atoms with Crippen LogP contribution in [0.2, 0.25) is 0 Å². The Morgan fingerprint density at radius 3 is 2.93 bits per heavy atom. The van der Waals surface area contributed by atoms with Gasteiger partial charge in [0.25, 0.3) is 5.91 Å². The van der Waals surface area contributed by atoms with Gasteiger partial charge in [0.2, 0.25) is 0 Å². The first-order valence-electron chi connectivity index (χ1n) is 4.94. The quantitative estimate of drug-likeness (QED) is 0.602. The van der Waals surface area contributed by atoms with E-state index >= 15 is 0 Å². The third kappa shape index (κ3) is 0.953. The SMILES string of the molecule is Nc1ccc2c(c1)C(=O)NC1CC2C1. The summed E-state index contributed by atoms with van der Waals surface area (Å²) < 4.78 is 0. The summed E-state index contributed by atoms with van der Waals surface area (Å²) in [4.78, 5) is 11.7. The number of anilines is 1. The number of carbonyl (C=O) groups is 1. The van der Waals surface area contributed by atoms with E-state index in [4.69, 9.17) is 5.73 Å². The molecule has 0 aromatic heterocycles. The first kappa shape index (κ1) is 7.85. The van der Waals surface area contributed by atoms with E-state index in [1.807, 2.05) is 12.1 Å². The van der Waals surface area contributed by atoms with Crippen LogP contribution in [-0.2, 0) is 0 Å². The van der Waals surface area contributed by atoms with Gasteiger partial charge in [0.05, 0.1) is 0 Å². The van der Waals surface area contributed by atoms with Crippen molar-refractivity contribution >= 4 is 11.6 Å². The largest absolute Gasteiger partial charge is 0.399 e. The van der Waals surface area contributed by atoms with Crippen molar-refractivity contribution in [1.29, 1.82) is 0 Å². The van der Waals surface area contributed by atoms with E-state index < -0.39 is 0 Å². The van der Waals surface area contributed by atoms with Crippen molar-refractivity contribution in [2.24, 2.45) is 0 Å². The number of nitrogens with two attached hydrogens (primary N) is 1. The van der Waals surface area contributed by atoms with Crippen LogP contribution in [0.5, 0.6) is 0 Å². The lowest BCUT2D eigenvalue weighted by Crippen LogP contribution is -2.39. The number of benzene rings is 1. The number of hydrogen-bond donors (Lipinski definition) is 2. The first-order valence-corrected chi connectivity index (χ1v) is 4.94. The number of carbonyl (C=O) groups excluding carboxylic acids is 1. The van der Waals surface area contributed by atoms with E-state index in [0.29, 0.717) is 17.6 Å². The Balaban J connectivity index is 2.17. The second-order valence-corrected chi connectivity index (χ2v) is 4.19. The number of rotatable bonds is 0. The lowest BCUT2D eigenvalue weighted by Gasteiger charge is -2.32. The molecule has 1 aromatic carbocycles. The van der Waals surface area contributed by atoms with Crippen LogP contribution in [-0.4, -0.2) is 11.9 Å². The molecule has 1 aromatic rings. The second-order valence-electron chi connectivity index (χ2n) is 4.19. The van der Waals surface area contributed by atoms with Crippen LogP contribution < -0.4 is 11.1 Å². The van der Waals surface area contributed by atoms with Gasteiger partial charge < -0.3 is 11.1 Å². The zero-order valence-electron chi connectivity index (χ0n) is 7.79. The predicted molar refractivity (Wildman–Crippen MR) is 54.1 cm³/mol. The molecule has 4 rings (SSSR count).